The van der Waals surface area contributed by atoms with Gasteiger partial charge in [-0.05, 0) is 49.4 Å². The van der Waals surface area contributed by atoms with Crippen molar-refractivity contribution in [2.24, 2.45) is 5.92 Å². The van der Waals surface area contributed by atoms with Crippen molar-refractivity contribution in [1.29, 1.82) is 0 Å². The van der Waals surface area contributed by atoms with Crippen LogP contribution in [0.3, 0.4) is 0 Å². The largest absolute Gasteiger partial charge is 0.355 e. The van der Waals surface area contributed by atoms with Gasteiger partial charge in [-0.25, -0.2) is 0 Å². The Hall–Kier alpha value is -1.35. The van der Waals surface area contributed by atoms with E-state index in [1.165, 1.54) is 24.0 Å². The van der Waals surface area contributed by atoms with Gasteiger partial charge < -0.3 is 10.6 Å². The topological polar surface area (TPSA) is 41.1 Å². The van der Waals surface area contributed by atoms with Crippen molar-refractivity contribution in [2.75, 3.05) is 19.6 Å². The van der Waals surface area contributed by atoms with E-state index < -0.39 is 0 Å². The van der Waals surface area contributed by atoms with Crippen molar-refractivity contribution in [2.45, 2.75) is 25.2 Å². The maximum atomic E-state index is 12.1. The lowest BCUT2D eigenvalue weighted by Crippen LogP contribution is -2.40. The summed E-state index contributed by atoms with van der Waals surface area (Å²) in [6.07, 6.45) is 3.28. The highest BCUT2D eigenvalue weighted by atomic mass is 16.1. The number of benzene rings is 1. The first-order valence-corrected chi connectivity index (χ1v) is 6.91. The molecule has 18 heavy (non-hydrogen) atoms. The Morgan fingerprint density at radius 3 is 2.83 bits per heavy atom. The Kier molecular flexibility index (Phi) is 3.33. The second-order valence-electron chi connectivity index (χ2n) is 5.39. The van der Waals surface area contributed by atoms with Crippen LogP contribution in [-0.2, 0) is 11.2 Å². The molecule has 3 heteroatoms. The second kappa shape index (κ2) is 5.11. The SMILES string of the molecule is O=C(NCC1CCNCC1)C1Cc2ccccc21. The highest BCUT2D eigenvalue weighted by molar-refractivity contribution is 5.86. The Morgan fingerprint density at radius 1 is 1.28 bits per heavy atom. The van der Waals surface area contributed by atoms with Gasteiger partial charge in [0.2, 0.25) is 5.91 Å². The fourth-order valence-corrected chi connectivity index (χ4v) is 2.95. The van der Waals surface area contributed by atoms with E-state index >= 15 is 0 Å². The van der Waals surface area contributed by atoms with Crippen molar-refractivity contribution in [3.63, 3.8) is 0 Å². The molecule has 1 saturated heterocycles. The second-order valence-corrected chi connectivity index (χ2v) is 5.39. The molecule has 1 amide bonds. The standard InChI is InChI=1S/C15H20N2O/c18-15(17-10-11-5-7-16-8-6-11)14-9-12-3-1-2-4-13(12)14/h1-4,11,14,16H,5-10H2,(H,17,18). The summed E-state index contributed by atoms with van der Waals surface area (Å²) in [6, 6.07) is 8.26. The lowest BCUT2D eigenvalue weighted by molar-refractivity contribution is -0.123. The van der Waals surface area contributed by atoms with Crippen molar-refractivity contribution < 1.29 is 4.79 Å². The molecule has 1 fully saturated rings. The van der Waals surface area contributed by atoms with Gasteiger partial charge >= 0.3 is 0 Å². The van der Waals surface area contributed by atoms with Crippen LogP contribution < -0.4 is 10.6 Å². The Bertz CT molecular complexity index is 438. The average Bonchev–Trinajstić information content (AvgIpc) is 2.39. The molecule has 0 aromatic heterocycles. The first-order valence-electron chi connectivity index (χ1n) is 6.91. The lowest BCUT2D eigenvalue weighted by atomic mass is 9.77. The van der Waals surface area contributed by atoms with Gasteiger partial charge in [0.15, 0.2) is 0 Å². The summed E-state index contributed by atoms with van der Waals surface area (Å²) in [4.78, 5) is 12.1. The zero-order chi connectivity index (χ0) is 12.4. The summed E-state index contributed by atoms with van der Waals surface area (Å²) < 4.78 is 0. The molecule has 96 valence electrons. The summed E-state index contributed by atoms with van der Waals surface area (Å²) in [7, 11) is 0. The number of hydrogen-bond acceptors (Lipinski definition) is 2. The van der Waals surface area contributed by atoms with Crippen LogP contribution in [0.25, 0.3) is 0 Å². The predicted molar refractivity (Wildman–Crippen MR) is 71.5 cm³/mol. The Morgan fingerprint density at radius 2 is 2.06 bits per heavy atom. The van der Waals surface area contributed by atoms with Crippen LogP contribution in [0.4, 0.5) is 0 Å². The van der Waals surface area contributed by atoms with Gasteiger partial charge in [-0.1, -0.05) is 24.3 Å². The molecule has 3 nitrogen and oxygen atoms in total. The number of amides is 1. The zero-order valence-electron chi connectivity index (χ0n) is 10.6. The molecule has 0 bridgehead atoms. The lowest BCUT2D eigenvalue weighted by Gasteiger charge is -2.30. The fourth-order valence-electron chi connectivity index (χ4n) is 2.95. The van der Waals surface area contributed by atoms with E-state index in [2.05, 4.69) is 22.8 Å². The van der Waals surface area contributed by atoms with Gasteiger partial charge in [0.05, 0.1) is 5.92 Å². The van der Waals surface area contributed by atoms with E-state index in [9.17, 15) is 4.79 Å². The molecular formula is C15H20N2O. The molecule has 2 aliphatic rings. The molecule has 1 aliphatic heterocycles. The molecule has 2 N–H and O–H groups in total. The number of hydrogen-bond donors (Lipinski definition) is 2. The van der Waals surface area contributed by atoms with E-state index in [1.807, 2.05) is 12.1 Å². The highest BCUT2D eigenvalue weighted by Crippen LogP contribution is 2.34. The Labute approximate surface area is 108 Å². The van der Waals surface area contributed by atoms with Gasteiger partial charge in [-0.15, -0.1) is 0 Å². The number of fused-ring (bicyclic) bond motifs is 1. The maximum absolute atomic E-state index is 12.1. The van der Waals surface area contributed by atoms with Crippen LogP contribution >= 0.6 is 0 Å². The first-order chi connectivity index (χ1) is 8.84. The quantitative estimate of drug-likeness (QED) is 0.845. The normalized spacial score (nSPS) is 23.0. The van der Waals surface area contributed by atoms with E-state index in [0.29, 0.717) is 5.92 Å². The van der Waals surface area contributed by atoms with Gasteiger partial charge in [0, 0.05) is 6.54 Å². The number of nitrogens with one attached hydrogen (secondary N) is 2. The zero-order valence-corrected chi connectivity index (χ0v) is 10.6. The van der Waals surface area contributed by atoms with Gasteiger partial charge in [0.25, 0.3) is 0 Å². The van der Waals surface area contributed by atoms with Gasteiger partial charge in [-0.2, -0.15) is 0 Å². The van der Waals surface area contributed by atoms with Crippen LogP contribution in [0.2, 0.25) is 0 Å². The van der Waals surface area contributed by atoms with Crippen molar-refractivity contribution in [3.8, 4) is 0 Å². The summed E-state index contributed by atoms with van der Waals surface area (Å²) >= 11 is 0. The minimum Gasteiger partial charge on any atom is -0.355 e. The van der Waals surface area contributed by atoms with Crippen LogP contribution in [-0.4, -0.2) is 25.5 Å². The Balaban J connectivity index is 1.51. The monoisotopic (exact) mass is 244 g/mol. The maximum Gasteiger partial charge on any atom is 0.227 e. The number of piperidine rings is 1. The third-order valence-electron chi connectivity index (χ3n) is 4.19. The van der Waals surface area contributed by atoms with Crippen LogP contribution in [0.15, 0.2) is 24.3 Å². The van der Waals surface area contributed by atoms with Gasteiger partial charge in [-0.3, -0.25) is 4.79 Å². The smallest absolute Gasteiger partial charge is 0.227 e. The predicted octanol–water partition coefficient (Wildman–Crippen LogP) is 1.44. The van der Waals surface area contributed by atoms with Crippen molar-refractivity contribution in [3.05, 3.63) is 35.4 Å². The molecule has 0 spiro atoms. The third-order valence-corrected chi connectivity index (χ3v) is 4.19. The van der Waals surface area contributed by atoms with E-state index in [1.54, 1.807) is 0 Å². The molecular weight excluding hydrogens is 224 g/mol. The van der Waals surface area contributed by atoms with E-state index in [-0.39, 0.29) is 11.8 Å². The molecule has 1 heterocycles. The molecule has 1 aromatic carbocycles. The summed E-state index contributed by atoms with van der Waals surface area (Å²) in [5.41, 5.74) is 2.56. The van der Waals surface area contributed by atoms with Crippen LogP contribution in [0, 0.1) is 5.92 Å². The van der Waals surface area contributed by atoms with E-state index in [4.69, 9.17) is 0 Å². The summed E-state index contributed by atoms with van der Waals surface area (Å²) in [6.45, 7) is 3.03. The van der Waals surface area contributed by atoms with Crippen LogP contribution in [0.5, 0.6) is 0 Å². The van der Waals surface area contributed by atoms with E-state index in [0.717, 1.165) is 26.1 Å². The average molecular weight is 244 g/mol. The van der Waals surface area contributed by atoms with Crippen molar-refractivity contribution in [1.82, 2.24) is 10.6 Å². The fraction of sp³-hybridized carbons (Fsp3) is 0.533. The molecule has 1 atom stereocenters. The minimum atomic E-state index is 0.0999. The van der Waals surface area contributed by atoms with Crippen molar-refractivity contribution >= 4 is 5.91 Å². The molecule has 1 unspecified atom stereocenters. The molecule has 0 saturated carbocycles. The molecule has 3 rings (SSSR count). The van der Waals surface area contributed by atoms with Gasteiger partial charge in [0.1, 0.15) is 0 Å². The first kappa shape index (κ1) is 11.7. The molecule has 0 radical (unpaired) electrons. The molecule has 1 aromatic rings. The number of carbonyl (C=O) groups is 1. The third kappa shape index (κ3) is 2.27. The highest BCUT2D eigenvalue weighted by Gasteiger charge is 2.31. The minimum absolute atomic E-state index is 0.0999. The number of rotatable bonds is 3. The number of carbonyl (C=O) groups excluding carboxylic acids is 1. The summed E-state index contributed by atoms with van der Waals surface area (Å²) in [5.74, 6) is 0.973. The summed E-state index contributed by atoms with van der Waals surface area (Å²) in [5, 5.41) is 6.48. The van der Waals surface area contributed by atoms with Crippen LogP contribution in [0.1, 0.15) is 29.9 Å². The molecule has 1 aliphatic carbocycles.